The number of aryl methyl sites for hydroxylation is 4. The molecule has 1 saturated carbocycles. The maximum atomic E-state index is 2.42. The van der Waals surface area contributed by atoms with E-state index in [9.17, 15) is 0 Å². The minimum absolute atomic E-state index is 0.958. The van der Waals surface area contributed by atoms with Gasteiger partial charge in [0.15, 0.2) is 0 Å². The van der Waals surface area contributed by atoms with Crippen LogP contribution in [0.2, 0.25) is 0 Å². The van der Waals surface area contributed by atoms with E-state index in [-0.39, 0.29) is 0 Å². The second-order valence-corrected chi connectivity index (χ2v) is 10.7. The molecule has 0 saturated heterocycles. The number of hydrogen-bond acceptors (Lipinski definition) is 0. The summed E-state index contributed by atoms with van der Waals surface area (Å²) in [7, 11) is 0. The lowest BCUT2D eigenvalue weighted by molar-refractivity contribution is 0.249. The smallest absolute Gasteiger partial charge is 0.0181 e. The lowest BCUT2D eigenvalue weighted by Crippen LogP contribution is -2.15. The highest BCUT2D eigenvalue weighted by molar-refractivity contribution is 5.66. The van der Waals surface area contributed by atoms with Gasteiger partial charge in [0.05, 0.1) is 0 Å². The molecular formula is C32H48. The highest BCUT2D eigenvalue weighted by Crippen LogP contribution is 2.35. The summed E-state index contributed by atoms with van der Waals surface area (Å²) in [5.41, 5.74) is 8.76. The van der Waals surface area contributed by atoms with Gasteiger partial charge in [-0.1, -0.05) is 114 Å². The van der Waals surface area contributed by atoms with Crippen molar-refractivity contribution in [1.82, 2.24) is 0 Å². The Labute approximate surface area is 199 Å². The van der Waals surface area contributed by atoms with Crippen molar-refractivity contribution in [3.05, 3.63) is 58.7 Å². The third-order valence-electron chi connectivity index (χ3n) is 8.07. The maximum Gasteiger partial charge on any atom is -0.0181 e. The fourth-order valence-corrected chi connectivity index (χ4v) is 5.73. The first kappa shape index (κ1) is 25.1. The zero-order chi connectivity index (χ0) is 22.8. The topological polar surface area (TPSA) is 0 Å². The lowest BCUT2D eigenvalue weighted by atomic mass is 9.77. The highest BCUT2D eigenvalue weighted by Gasteiger charge is 2.20. The first-order chi connectivity index (χ1) is 15.6. The first-order valence-corrected chi connectivity index (χ1v) is 13.8. The zero-order valence-electron chi connectivity index (χ0n) is 21.5. The Morgan fingerprint density at radius 2 is 1.09 bits per heavy atom. The average molecular weight is 433 g/mol. The van der Waals surface area contributed by atoms with Crippen molar-refractivity contribution in [2.24, 2.45) is 11.8 Å². The van der Waals surface area contributed by atoms with Crippen LogP contribution in [0.5, 0.6) is 0 Å². The SMILES string of the molecule is CCCCCc1ccc(-c2ccc(CC[C@H]3CC[C@H](CCCCC)CC3)c(C)c2)cc1C. The summed E-state index contributed by atoms with van der Waals surface area (Å²) in [6.07, 6.45) is 19.4. The molecule has 0 atom stereocenters. The molecule has 1 aliphatic rings. The summed E-state index contributed by atoms with van der Waals surface area (Å²) in [5.74, 6) is 1.99. The van der Waals surface area contributed by atoms with Crippen molar-refractivity contribution in [3.63, 3.8) is 0 Å². The van der Waals surface area contributed by atoms with Gasteiger partial charge in [-0.25, -0.2) is 0 Å². The highest BCUT2D eigenvalue weighted by atomic mass is 14.3. The fourth-order valence-electron chi connectivity index (χ4n) is 5.73. The van der Waals surface area contributed by atoms with Crippen LogP contribution in [0.25, 0.3) is 11.1 Å². The minimum atomic E-state index is 0.958. The Morgan fingerprint density at radius 3 is 1.62 bits per heavy atom. The second-order valence-electron chi connectivity index (χ2n) is 10.7. The zero-order valence-corrected chi connectivity index (χ0v) is 21.5. The van der Waals surface area contributed by atoms with Crippen molar-refractivity contribution < 1.29 is 0 Å². The van der Waals surface area contributed by atoms with Gasteiger partial charge in [0, 0.05) is 0 Å². The van der Waals surface area contributed by atoms with E-state index < -0.39 is 0 Å². The lowest BCUT2D eigenvalue weighted by Gasteiger charge is -2.28. The van der Waals surface area contributed by atoms with Crippen LogP contribution in [-0.2, 0) is 12.8 Å². The van der Waals surface area contributed by atoms with E-state index in [0.29, 0.717) is 0 Å². The quantitative estimate of drug-likeness (QED) is 0.293. The summed E-state index contributed by atoms with van der Waals surface area (Å²) in [4.78, 5) is 0. The first-order valence-electron chi connectivity index (χ1n) is 13.8. The largest absolute Gasteiger partial charge is 0.0654 e. The molecule has 1 fully saturated rings. The molecule has 0 bridgehead atoms. The molecule has 2 aromatic rings. The van der Waals surface area contributed by atoms with Gasteiger partial charge in [-0.15, -0.1) is 0 Å². The summed E-state index contributed by atoms with van der Waals surface area (Å²) in [6, 6.07) is 14.3. The average Bonchev–Trinajstić information content (AvgIpc) is 2.80. The maximum absolute atomic E-state index is 2.42. The number of hydrogen-bond donors (Lipinski definition) is 0. The van der Waals surface area contributed by atoms with Gasteiger partial charge < -0.3 is 0 Å². The molecule has 176 valence electrons. The van der Waals surface area contributed by atoms with Gasteiger partial charge in [0.1, 0.15) is 0 Å². The number of unbranched alkanes of at least 4 members (excludes halogenated alkanes) is 4. The van der Waals surface area contributed by atoms with Gasteiger partial charge >= 0.3 is 0 Å². The molecule has 3 rings (SSSR count). The third kappa shape index (κ3) is 7.50. The summed E-state index contributed by atoms with van der Waals surface area (Å²) in [5, 5.41) is 0. The molecule has 0 N–H and O–H groups in total. The standard InChI is InChI=1S/C32H48/c1-5-7-9-11-27-13-15-28(16-14-27)17-18-30-20-22-32(24-26(30)4)31-21-19-29(25(3)23-31)12-10-8-6-2/h19-24,27-28H,5-18H2,1-4H3/t27-,28-. The molecule has 32 heavy (non-hydrogen) atoms. The van der Waals surface area contributed by atoms with Crippen LogP contribution in [0.1, 0.15) is 113 Å². The van der Waals surface area contributed by atoms with Crippen LogP contribution in [0.3, 0.4) is 0 Å². The van der Waals surface area contributed by atoms with Gasteiger partial charge in [0.2, 0.25) is 0 Å². The monoisotopic (exact) mass is 432 g/mol. The Kier molecular flexibility index (Phi) is 10.4. The molecule has 0 nitrogen and oxygen atoms in total. The van der Waals surface area contributed by atoms with Crippen molar-refractivity contribution >= 4 is 0 Å². The van der Waals surface area contributed by atoms with Crippen molar-refractivity contribution in [1.29, 1.82) is 0 Å². The van der Waals surface area contributed by atoms with E-state index in [2.05, 4.69) is 64.1 Å². The van der Waals surface area contributed by atoms with Crippen molar-refractivity contribution in [3.8, 4) is 11.1 Å². The van der Waals surface area contributed by atoms with Crippen LogP contribution in [0, 0.1) is 25.7 Å². The predicted octanol–water partition coefficient (Wildman–Crippen LogP) is 10.0. The summed E-state index contributed by atoms with van der Waals surface area (Å²) < 4.78 is 0. The van der Waals surface area contributed by atoms with E-state index in [1.807, 2.05) is 0 Å². The Morgan fingerprint density at radius 1 is 0.594 bits per heavy atom. The van der Waals surface area contributed by atoms with E-state index in [1.54, 1.807) is 5.56 Å². The van der Waals surface area contributed by atoms with Crippen LogP contribution < -0.4 is 0 Å². The van der Waals surface area contributed by atoms with Crippen molar-refractivity contribution in [2.75, 3.05) is 0 Å². The Bertz CT molecular complexity index is 807. The van der Waals surface area contributed by atoms with E-state index in [0.717, 1.165) is 11.8 Å². The van der Waals surface area contributed by atoms with E-state index >= 15 is 0 Å². The van der Waals surface area contributed by atoms with Gasteiger partial charge in [-0.2, -0.15) is 0 Å². The Hall–Kier alpha value is -1.56. The van der Waals surface area contributed by atoms with Gasteiger partial charge in [-0.3, -0.25) is 0 Å². The Balaban J connectivity index is 1.51. The van der Waals surface area contributed by atoms with Crippen LogP contribution in [0.15, 0.2) is 36.4 Å². The molecule has 0 heteroatoms. The molecule has 2 aromatic carbocycles. The number of rotatable bonds is 12. The molecule has 0 unspecified atom stereocenters. The predicted molar refractivity (Wildman–Crippen MR) is 142 cm³/mol. The molecule has 0 aliphatic heterocycles. The third-order valence-corrected chi connectivity index (χ3v) is 8.07. The minimum Gasteiger partial charge on any atom is -0.0654 e. The molecule has 0 radical (unpaired) electrons. The molecule has 1 aliphatic carbocycles. The molecule has 0 amide bonds. The van der Waals surface area contributed by atoms with Crippen LogP contribution in [0.4, 0.5) is 0 Å². The molecule has 0 spiro atoms. The van der Waals surface area contributed by atoms with Crippen molar-refractivity contribution in [2.45, 2.75) is 118 Å². The summed E-state index contributed by atoms with van der Waals surface area (Å²) >= 11 is 0. The van der Waals surface area contributed by atoms with Crippen LogP contribution >= 0.6 is 0 Å². The van der Waals surface area contributed by atoms with Gasteiger partial charge in [-0.05, 0) is 84.7 Å². The molecule has 0 aromatic heterocycles. The molecular weight excluding hydrogens is 384 g/mol. The van der Waals surface area contributed by atoms with E-state index in [1.165, 1.54) is 118 Å². The number of benzene rings is 2. The second kappa shape index (κ2) is 13.2. The van der Waals surface area contributed by atoms with Crippen LogP contribution in [-0.4, -0.2) is 0 Å². The molecule has 0 heterocycles. The van der Waals surface area contributed by atoms with Gasteiger partial charge in [0.25, 0.3) is 0 Å². The fraction of sp³-hybridized carbons (Fsp3) is 0.625. The normalized spacial score (nSPS) is 18.8. The summed E-state index contributed by atoms with van der Waals surface area (Å²) in [6.45, 7) is 9.19. The van der Waals surface area contributed by atoms with E-state index in [4.69, 9.17) is 0 Å².